The van der Waals surface area contributed by atoms with Crippen LogP contribution in [0.4, 0.5) is 4.39 Å². The Kier molecular flexibility index (Phi) is 7.57. The summed E-state index contributed by atoms with van der Waals surface area (Å²) >= 11 is 5.64. The van der Waals surface area contributed by atoms with Crippen LogP contribution >= 0.6 is 11.6 Å². The maximum atomic E-state index is 13.7. The molecular weight excluding hydrogens is 393 g/mol. The van der Waals surface area contributed by atoms with Crippen LogP contribution in [0.1, 0.15) is 20.8 Å². The molecule has 0 saturated carbocycles. The smallest absolute Gasteiger partial charge is 0.347 e. The third-order valence-electron chi connectivity index (χ3n) is 3.37. The van der Waals surface area contributed by atoms with Crippen LogP contribution in [0.3, 0.4) is 0 Å². The Morgan fingerprint density at radius 2 is 1.75 bits per heavy atom. The molecule has 1 heterocycles. The number of pyridine rings is 1. The number of benzene rings is 1. The van der Waals surface area contributed by atoms with Crippen molar-refractivity contribution in [1.82, 2.24) is 4.98 Å². The lowest BCUT2D eigenvalue weighted by Gasteiger charge is -2.17. The number of nitrogens with zero attached hydrogens (tertiary/aromatic N) is 1. The molecule has 28 heavy (non-hydrogen) atoms. The van der Waals surface area contributed by atoms with Crippen LogP contribution in [0.25, 0.3) is 0 Å². The fourth-order valence-electron chi connectivity index (χ4n) is 2.01. The maximum Gasteiger partial charge on any atom is 0.347 e. The van der Waals surface area contributed by atoms with Crippen LogP contribution in [0.15, 0.2) is 36.5 Å². The molecule has 2 aromatic rings. The summed E-state index contributed by atoms with van der Waals surface area (Å²) in [6.07, 6.45) is -0.725. The molecule has 9 heteroatoms. The Bertz CT molecular complexity index is 830. The highest BCUT2D eigenvalue weighted by Crippen LogP contribution is 2.26. The SMILES string of the molecule is CCOC(=O)C(C)OC(=O)C(C)Oc1ccc(Oc2ncc(Cl)cc2F)cc1. The lowest BCUT2D eigenvalue weighted by Crippen LogP contribution is -2.33. The molecule has 0 spiro atoms. The number of halogens is 2. The maximum absolute atomic E-state index is 13.7. The monoisotopic (exact) mass is 411 g/mol. The molecule has 1 aromatic heterocycles. The van der Waals surface area contributed by atoms with Gasteiger partial charge in [-0.25, -0.2) is 19.0 Å². The number of carbonyl (C=O) groups excluding carboxylic acids is 2. The summed E-state index contributed by atoms with van der Waals surface area (Å²) in [7, 11) is 0. The fourth-order valence-corrected chi connectivity index (χ4v) is 2.15. The summed E-state index contributed by atoms with van der Waals surface area (Å²) in [4.78, 5) is 27.3. The quantitative estimate of drug-likeness (QED) is 0.608. The van der Waals surface area contributed by atoms with Crippen LogP contribution in [0.5, 0.6) is 17.4 Å². The van der Waals surface area contributed by atoms with Gasteiger partial charge >= 0.3 is 11.9 Å². The average molecular weight is 412 g/mol. The highest BCUT2D eigenvalue weighted by atomic mass is 35.5. The van der Waals surface area contributed by atoms with E-state index in [1.165, 1.54) is 44.3 Å². The van der Waals surface area contributed by atoms with Crippen LogP contribution in [0.2, 0.25) is 5.02 Å². The van der Waals surface area contributed by atoms with Crippen LogP contribution in [-0.4, -0.2) is 35.7 Å². The summed E-state index contributed by atoms with van der Waals surface area (Å²) in [5.74, 6) is -1.60. The Morgan fingerprint density at radius 1 is 1.11 bits per heavy atom. The lowest BCUT2D eigenvalue weighted by molar-refractivity contribution is -0.170. The summed E-state index contributed by atoms with van der Waals surface area (Å²) in [6, 6.07) is 7.18. The van der Waals surface area contributed by atoms with Crippen LogP contribution < -0.4 is 9.47 Å². The third-order valence-corrected chi connectivity index (χ3v) is 3.58. The molecule has 2 atom stereocenters. The van der Waals surface area contributed by atoms with E-state index in [-0.39, 0.29) is 17.5 Å². The highest BCUT2D eigenvalue weighted by Gasteiger charge is 2.24. The topological polar surface area (TPSA) is 84.0 Å². The van der Waals surface area contributed by atoms with Crippen molar-refractivity contribution in [2.45, 2.75) is 33.0 Å². The summed E-state index contributed by atoms with van der Waals surface area (Å²) in [6.45, 7) is 4.75. The first-order valence-electron chi connectivity index (χ1n) is 8.43. The first kappa shape index (κ1) is 21.4. The average Bonchev–Trinajstić information content (AvgIpc) is 2.65. The second kappa shape index (κ2) is 9.89. The highest BCUT2D eigenvalue weighted by molar-refractivity contribution is 6.30. The number of hydrogen-bond donors (Lipinski definition) is 0. The molecule has 2 rings (SSSR count). The molecule has 2 unspecified atom stereocenters. The molecule has 0 saturated heterocycles. The van der Waals surface area contributed by atoms with Gasteiger partial charge in [-0.2, -0.15) is 0 Å². The van der Waals surface area contributed by atoms with Gasteiger partial charge in [0, 0.05) is 6.20 Å². The summed E-state index contributed by atoms with van der Waals surface area (Å²) < 4.78 is 34.3. The van der Waals surface area contributed by atoms with E-state index >= 15 is 0 Å². The molecule has 0 aliphatic heterocycles. The zero-order valence-electron chi connectivity index (χ0n) is 15.5. The Labute approximate surface area is 166 Å². The minimum Gasteiger partial charge on any atom is -0.479 e. The number of ether oxygens (including phenoxy) is 4. The van der Waals surface area contributed by atoms with E-state index in [2.05, 4.69) is 4.98 Å². The van der Waals surface area contributed by atoms with Gasteiger partial charge in [-0.3, -0.25) is 0 Å². The Hall–Kier alpha value is -2.87. The van der Waals surface area contributed by atoms with E-state index in [0.717, 1.165) is 6.07 Å². The first-order chi connectivity index (χ1) is 13.3. The van der Waals surface area contributed by atoms with E-state index in [0.29, 0.717) is 11.5 Å². The molecule has 0 bridgehead atoms. The molecular formula is C19H19ClFNO6. The molecule has 0 radical (unpaired) electrons. The number of rotatable bonds is 8. The van der Waals surface area contributed by atoms with Crippen molar-refractivity contribution in [1.29, 1.82) is 0 Å². The molecule has 0 N–H and O–H groups in total. The van der Waals surface area contributed by atoms with Crippen molar-refractivity contribution in [3.63, 3.8) is 0 Å². The lowest BCUT2D eigenvalue weighted by atomic mass is 10.3. The van der Waals surface area contributed by atoms with Gasteiger partial charge in [-0.15, -0.1) is 0 Å². The van der Waals surface area contributed by atoms with E-state index in [9.17, 15) is 14.0 Å². The molecule has 1 aromatic carbocycles. The second-order valence-electron chi connectivity index (χ2n) is 5.61. The number of carbonyl (C=O) groups is 2. The second-order valence-corrected chi connectivity index (χ2v) is 6.04. The van der Waals surface area contributed by atoms with Gasteiger partial charge in [0.05, 0.1) is 11.6 Å². The first-order valence-corrected chi connectivity index (χ1v) is 8.80. The van der Waals surface area contributed by atoms with E-state index in [1.807, 2.05) is 0 Å². The molecule has 0 fully saturated rings. The van der Waals surface area contributed by atoms with Crippen molar-refractivity contribution in [3.8, 4) is 17.4 Å². The largest absolute Gasteiger partial charge is 0.479 e. The predicted molar refractivity (Wildman–Crippen MR) is 98.0 cm³/mol. The van der Waals surface area contributed by atoms with Crippen molar-refractivity contribution < 1.29 is 32.9 Å². The Balaban J connectivity index is 1.92. The zero-order chi connectivity index (χ0) is 20.7. The molecule has 7 nitrogen and oxygen atoms in total. The molecule has 0 aliphatic rings. The van der Waals surface area contributed by atoms with Gasteiger partial charge in [-0.05, 0) is 51.1 Å². The van der Waals surface area contributed by atoms with Crippen molar-refractivity contribution in [2.24, 2.45) is 0 Å². The van der Waals surface area contributed by atoms with E-state index in [1.54, 1.807) is 6.92 Å². The molecule has 0 aliphatic carbocycles. The van der Waals surface area contributed by atoms with Gasteiger partial charge in [0.15, 0.2) is 18.0 Å². The molecule has 150 valence electrons. The standard InChI is InChI=1S/C19H19ClFNO6/c1-4-25-18(23)11(2)27-19(24)12(3)26-14-5-7-15(8-6-14)28-17-16(21)9-13(20)10-22-17/h5-12H,4H2,1-3H3. The number of hydrogen-bond acceptors (Lipinski definition) is 7. The zero-order valence-corrected chi connectivity index (χ0v) is 16.2. The third kappa shape index (κ3) is 6.09. The van der Waals surface area contributed by atoms with Crippen molar-refractivity contribution in [2.75, 3.05) is 6.61 Å². The van der Waals surface area contributed by atoms with Crippen molar-refractivity contribution >= 4 is 23.5 Å². The predicted octanol–water partition coefficient (Wildman–Crippen LogP) is 3.93. The van der Waals surface area contributed by atoms with Gasteiger partial charge < -0.3 is 18.9 Å². The van der Waals surface area contributed by atoms with E-state index in [4.69, 9.17) is 30.5 Å². The van der Waals surface area contributed by atoms with Gasteiger partial charge in [0.2, 0.25) is 0 Å². The Morgan fingerprint density at radius 3 is 2.36 bits per heavy atom. The van der Waals surface area contributed by atoms with Gasteiger partial charge in [0.1, 0.15) is 11.5 Å². The van der Waals surface area contributed by atoms with Crippen LogP contribution in [0, 0.1) is 5.82 Å². The minimum absolute atomic E-state index is 0.159. The number of aromatic nitrogens is 1. The van der Waals surface area contributed by atoms with E-state index < -0.39 is 30.0 Å². The fraction of sp³-hybridized carbons (Fsp3) is 0.316. The molecule has 0 amide bonds. The normalized spacial score (nSPS) is 12.6. The van der Waals surface area contributed by atoms with Crippen LogP contribution in [-0.2, 0) is 19.1 Å². The minimum atomic E-state index is -1.03. The number of esters is 2. The van der Waals surface area contributed by atoms with Gasteiger partial charge in [-0.1, -0.05) is 11.6 Å². The van der Waals surface area contributed by atoms with Crippen molar-refractivity contribution in [3.05, 3.63) is 47.4 Å². The van der Waals surface area contributed by atoms with Gasteiger partial charge in [0.25, 0.3) is 5.88 Å². The summed E-state index contributed by atoms with van der Waals surface area (Å²) in [5, 5.41) is 0.159. The summed E-state index contributed by atoms with van der Waals surface area (Å²) in [5.41, 5.74) is 0.